The second-order valence-corrected chi connectivity index (χ2v) is 6.96. The number of carbonyl (C=O) groups excluding carboxylic acids is 1. The zero-order valence-corrected chi connectivity index (χ0v) is 16.6. The molecule has 146 valence electrons. The monoisotopic (exact) mass is 386 g/mol. The third-order valence-corrected chi connectivity index (χ3v) is 4.76. The van der Waals surface area contributed by atoms with E-state index >= 15 is 0 Å². The minimum absolute atomic E-state index is 0.120. The van der Waals surface area contributed by atoms with Gasteiger partial charge in [-0.15, -0.1) is 0 Å². The van der Waals surface area contributed by atoms with Crippen LogP contribution < -0.4 is 10.1 Å². The number of pyridine rings is 1. The smallest absolute Gasteiger partial charge is 0.262 e. The molecule has 2 heterocycles. The van der Waals surface area contributed by atoms with Crippen LogP contribution in [0.25, 0.3) is 16.7 Å². The summed E-state index contributed by atoms with van der Waals surface area (Å²) in [4.78, 5) is 16.9. The van der Waals surface area contributed by atoms with Crippen molar-refractivity contribution in [3.05, 3.63) is 77.5 Å². The van der Waals surface area contributed by atoms with Crippen LogP contribution in [0.2, 0.25) is 0 Å². The van der Waals surface area contributed by atoms with Crippen molar-refractivity contribution < 1.29 is 9.53 Å². The first-order valence-corrected chi connectivity index (χ1v) is 9.43. The largest absolute Gasteiger partial charge is 0.467 e. The quantitative estimate of drug-likeness (QED) is 0.553. The summed E-state index contributed by atoms with van der Waals surface area (Å²) in [5.41, 5.74) is 5.31. The number of carbonyl (C=O) groups is 1. The van der Waals surface area contributed by atoms with Crippen LogP contribution in [-0.4, -0.2) is 27.3 Å². The van der Waals surface area contributed by atoms with Gasteiger partial charge < -0.3 is 10.1 Å². The molecule has 1 N–H and O–H groups in total. The predicted octanol–water partition coefficient (Wildman–Crippen LogP) is 4.36. The summed E-state index contributed by atoms with van der Waals surface area (Å²) in [5, 5.41) is 8.50. The maximum Gasteiger partial charge on any atom is 0.262 e. The van der Waals surface area contributed by atoms with Crippen molar-refractivity contribution in [2.75, 3.05) is 11.9 Å². The summed E-state index contributed by atoms with van der Waals surface area (Å²) >= 11 is 0. The van der Waals surface area contributed by atoms with Crippen LogP contribution in [-0.2, 0) is 4.79 Å². The molecule has 0 radical (unpaired) electrons. The van der Waals surface area contributed by atoms with Crippen LogP contribution in [0.15, 0.2) is 60.7 Å². The standard InChI is InChI=1S/C23H22N4O2/c1-15-9-7-8-12-19(15)24-20(28)14-29-21-13-16(2)22-17(3)26-27(23(22)25-21)18-10-5-4-6-11-18/h4-13H,14H2,1-3H3,(H,24,28). The highest BCUT2D eigenvalue weighted by Gasteiger charge is 2.15. The Balaban J connectivity index is 1.58. The fraction of sp³-hybridized carbons (Fsp3) is 0.174. The van der Waals surface area contributed by atoms with Crippen molar-refractivity contribution in [3.8, 4) is 11.6 Å². The molecule has 0 saturated heterocycles. The fourth-order valence-electron chi connectivity index (χ4n) is 3.34. The minimum atomic E-state index is -0.230. The van der Waals surface area contributed by atoms with E-state index in [1.54, 1.807) is 4.68 Å². The van der Waals surface area contributed by atoms with Crippen molar-refractivity contribution in [1.29, 1.82) is 0 Å². The van der Waals surface area contributed by atoms with Crippen molar-refractivity contribution in [2.24, 2.45) is 0 Å². The van der Waals surface area contributed by atoms with Gasteiger partial charge in [0.2, 0.25) is 5.88 Å². The Morgan fingerprint density at radius 2 is 1.72 bits per heavy atom. The Hall–Kier alpha value is -3.67. The fourth-order valence-corrected chi connectivity index (χ4v) is 3.34. The maximum atomic E-state index is 12.3. The van der Waals surface area contributed by atoms with Gasteiger partial charge in [-0.05, 0) is 50.1 Å². The molecule has 29 heavy (non-hydrogen) atoms. The maximum absolute atomic E-state index is 12.3. The van der Waals surface area contributed by atoms with Gasteiger partial charge in [0.25, 0.3) is 5.91 Å². The Labute approximate surface area is 169 Å². The number of ether oxygens (including phenoxy) is 1. The van der Waals surface area contributed by atoms with Crippen molar-refractivity contribution in [1.82, 2.24) is 14.8 Å². The van der Waals surface area contributed by atoms with Crippen LogP contribution >= 0.6 is 0 Å². The lowest BCUT2D eigenvalue weighted by Crippen LogP contribution is -2.21. The number of amides is 1. The van der Waals surface area contributed by atoms with E-state index in [2.05, 4.69) is 15.4 Å². The second kappa shape index (κ2) is 7.75. The van der Waals surface area contributed by atoms with Gasteiger partial charge in [-0.1, -0.05) is 36.4 Å². The molecular formula is C23H22N4O2. The molecule has 1 amide bonds. The molecule has 2 aromatic carbocycles. The Morgan fingerprint density at radius 1 is 1.00 bits per heavy atom. The van der Waals surface area contributed by atoms with Crippen LogP contribution in [0.4, 0.5) is 5.69 Å². The molecule has 0 spiro atoms. The van der Waals surface area contributed by atoms with Gasteiger partial charge >= 0.3 is 0 Å². The van der Waals surface area contributed by atoms with Gasteiger partial charge in [-0.3, -0.25) is 4.79 Å². The first kappa shape index (κ1) is 18.7. The van der Waals surface area contributed by atoms with E-state index in [1.807, 2.05) is 81.4 Å². The third-order valence-electron chi connectivity index (χ3n) is 4.76. The molecule has 6 nitrogen and oxygen atoms in total. The molecule has 0 fully saturated rings. The van der Waals surface area contributed by atoms with Gasteiger partial charge in [0.15, 0.2) is 12.3 Å². The highest BCUT2D eigenvalue weighted by molar-refractivity contribution is 5.92. The van der Waals surface area contributed by atoms with E-state index in [-0.39, 0.29) is 12.5 Å². The highest BCUT2D eigenvalue weighted by Crippen LogP contribution is 2.26. The van der Waals surface area contributed by atoms with Gasteiger partial charge in [0.1, 0.15) is 0 Å². The van der Waals surface area contributed by atoms with E-state index in [9.17, 15) is 4.79 Å². The molecule has 0 atom stereocenters. The number of anilines is 1. The Kier molecular flexibility index (Phi) is 4.99. The van der Waals surface area contributed by atoms with E-state index in [0.717, 1.165) is 33.6 Å². The van der Waals surface area contributed by atoms with E-state index in [0.29, 0.717) is 11.5 Å². The van der Waals surface area contributed by atoms with Crippen LogP contribution in [0.5, 0.6) is 5.88 Å². The molecule has 0 bridgehead atoms. The number of nitrogens with one attached hydrogen (secondary N) is 1. The number of hydrogen-bond acceptors (Lipinski definition) is 4. The SMILES string of the molecule is Cc1ccccc1NC(=O)COc1cc(C)c2c(C)nn(-c3ccccc3)c2n1. The highest BCUT2D eigenvalue weighted by atomic mass is 16.5. The average molecular weight is 386 g/mol. The van der Waals surface area contributed by atoms with Crippen LogP contribution in [0, 0.1) is 20.8 Å². The van der Waals surface area contributed by atoms with Crippen molar-refractivity contribution in [3.63, 3.8) is 0 Å². The van der Waals surface area contributed by atoms with Gasteiger partial charge in [0, 0.05) is 17.1 Å². The molecule has 0 unspecified atom stereocenters. The predicted molar refractivity (Wildman–Crippen MR) is 114 cm³/mol. The number of hydrogen-bond donors (Lipinski definition) is 1. The number of aryl methyl sites for hydroxylation is 3. The number of nitrogens with zero attached hydrogens (tertiary/aromatic N) is 3. The number of para-hydroxylation sites is 2. The average Bonchev–Trinajstić information content (AvgIpc) is 3.06. The van der Waals surface area contributed by atoms with Crippen LogP contribution in [0.1, 0.15) is 16.8 Å². The molecule has 0 aliphatic heterocycles. The minimum Gasteiger partial charge on any atom is -0.467 e. The number of fused-ring (bicyclic) bond motifs is 1. The molecule has 4 rings (SSSR count). The number of rotatable bonds is 5. The zero-order chi connectivity index (χ0) is 20.4. The summed E-state index contributed by atoms with van der Waals surface area (Å²) in [5.74, 6) is 0.165. The van der Waals surface area contributed by atoms with Gasteiger partial charge in [0.05, 0.1) is 11.4 Å². The first-order chi connectivity index (χ1) is 14.0. The number of benzene rings is 2. The molecule has 4 aromatic rings. The lowest BCUT2D eigenvalue weighted by molar-refractivity contribution is -0.118. The topological polar surface area (TPSA) is 69.0 Å². The summed E-state index contributed by atoms with van der Waals surface area (Å²) in [6.45, 7) is 5.79. The van der Waals surface area contributed by atoms with E-state index < -0.39 is 0 Å². The summed E-state index contributed by atoms with van der Waals surface area (Å²) in [6, 6.07) is 19.3. The second-order valence-electron chi connectivity index (χ2n) is 6.96. The van der Waals surface area contributed by atoms with Gasteiger partial charge in [-0.2, -0.15) is 10.1 Å². The van der Waals surface area contributed by atoms with Crippen molar-refractivity contribution in [2.45, 2.75) is 20.8 Å². The third kappa shape index (κ3) is 3.82. The normalized spacial score (nSPS) is 10.9. The zero-order valence-electron chi connectivity index (χ0n) is 16.6. The first-order valence-electron chi connectivity index (χ1n) is 9.43. The molecule has 2 aromatic heterocycles. The summed E-state index contributed by atoms with van der Waals surface area (Å²) < 4.78 is 7.51. The molecule has 6 heteroatoms. The van der Waals surface area contributed by atoms with Crippen LogP contribution in [0.3, 0.4) is 0 Å². The Morgan fingerprint density at radius 3 is 2.48 bits per heavy atom. The molecule has 0 saturated carbocycles. The lowest BCUT2D eigenvalue weighted by atomic mass is 10.2. The Bertz CT molecular complexity index is 1180. The van der Waals surface area contributed by atoms with Gasteiger partial charge in [-0.25, -0.2) is 4.68 Å². The molecule has 0 aliphatic rings. The van der Waals surface area contributed by atoms with E-state index in [1.165, 1.54) is 0 Å². The molecular weight excluding hydrogens is 364 g/mol. The lowest BCUT2D eigenvalue weighted by Gasteiger charge is -2.10. The summed E-state index contributed by atoms with van der Waals surface area (Å²) in [7, 11) is 0. The van der Waals surface area contributed by atoms with E-state index in [4.69, 9.17) is 4.74 Å². The number of aromatic nitrogens is 3. The van der Waals surface area contributed by atoms with Crippen molar-refractivity contribution >= 4 is 22.6 Å². The molecule has 0 aliphatic carbocycles. The summed E-state index contributed by atoms with van der Waals surface area (Å²) in [6.07, 6.45) is 0.